The molecule has 2 saturated heterocycles. The van der Waals surface area contributed by atoms with Crippen molar-refractivity contribution in [3.05, 3.63) is 0 Å². The Morgan fingerprint density at radius 3 is 2.86 bits per heavy atom. The molecule has 0 aromatic rings. The summed E-state index contributed by atoms with van der Waals surface area (Å²) < 4.78 is 0. The zero-order valence-electron chi connectivity index (χ0n) is 9.04. The molecule has 14 heavy (non-hydrogen) atoms. The molecule has 0 spiro atoms. The van der Waals surface area contributed by atoms with Crippen molar-refractivity contribution in [1.82, 2.24) is 9.80 Å². The van der Waals surface area contributed by atoms with Gasteiger partial charge in [0.05, 0.1) is 6.54 Å². The Morgan fingerprint density at radius 2 is 2.07 bits per heavy atom. The number of nitrogens with zero attached hydrogens (tertiary/aromatic N) is 2. The van der Waals surface area contributed by atoms with E-state index in [9.17, 15) is 4.79 Å². The summed E-state index contributed by atoms with van der Waals surface area (Å²) in [5, 5.41) is 0. The van der Waals surface area contributed by atoms with Crippen molar-refractivity contribution in [2.45, 2.75) is 32.2 Å². The van der Waals surface area contributed by atoms with E-state index in [0.29, 0.717) is 12.3 Å². The van der Waals surface area contributed by atoms with Crippen LogP contribution in [0, 0.1) is 0 Å². The van der Waals surface area contributed by atoms with Crippen molar-refractivity contribution >= 4 is 5.78 Å². The van der Waals surface area contributed by atoms with Crippen molar-refractivity contribution in [2.24, 2.45) is 0 Å². The van der Waals surface area contributed by atoms with Gasteiger partial charge >= 0.3 is 0 Å². The van der Waals surface area contributed by atoms with Crippen molar-refractivity contribution in [1.29, 1.82) is 0 Å². The third kappa shape index (κ3) is 2.34. The summed E-state index contributed by atoms with van der Waals surface area (Å²) in [6, 6.07) is 0.733. The topological polar surface area (TPSA) is 23.6 Å². The fourth-order valence-electron chi connectivity index (χ4n) is 2.74. The van der Waals surface area contributed by atoms with Gasteiger partial charge in [-0.15, -0.1) is 0 Å². The fraction of sp³-hybridized carbons (Fsp3) is 0.909. The smallest absolute Gasteiger partial charge is 0.143 e. The summed E-state index contributed by atoms with van der Waals surface area (Å²) in [5.41, 5.74) is 0. The fourth-order valence-corrected chi connectivity index (χ4v) is 2.74. The number of rotatable bonds is 2. The molecule has 0 N–H and O–H groups in total. The van der Waals surface area contributed by atoms with Gasteiger partial charge in [0.25, 0.3) is 0 Å². The molecule has 2 heterocycles. The van der Waals surface area contributed by atoms with E-state index in [1.54, 1.807) is 6.92 Å². The molecular formula is C11H20N2O. The van der Waals surface area contributed by atoms with Gasteiger partial charge in [-0.3, -0.25) is 14.6 Å². The van der Waals surface area contributed by atoms with Crippen LogP contribution >= 0.6 is 0 Å². The second-order valence-corrected chi connectivity index (χ2v) is 4.62. The summed E-state index contributed by atoms with van der Waals surface area (Å²) in [7, 11) is 0. The van der Waals surface area contributed by atoms with Gasteiger partial charge in [-0.1, -0.05) is 0 Å². The summed E-state index contributed by atoms with van der Waals surface area (Å²) in [5.74, 6) is 0.302. The average molecular weight is 196 g/mol. The van der Waals surface area contributed by atoms with Crippen LogP contribution in [0.1, 0.15) is 26.2 Å². The predicted molar refractivity (Wildman–Crippen MR) is 56.3 cm³/mol. The lowest BCUT2D eigenvalue weighted by atomic mass is 10.2. The van der Waals surface area contributed by atoms with Crippen molar-refractivity contribution in [2.75, 3.05) is 32.7 Å². The monoisotopic (exact) mass is 196 g/mol. The largest absolute Gasteiger partial charge is 0.299 e. The van der Waals surface area contributed by atoms with Crippen molar-refractivity contribution in [3.63, 3.8) is 0 Å². The SMILES string of the molecule is CC(=O)CN1CCCN2CCCC2C1. The van der Waals surface area contributed by atoms with E-state index < -0.39 is 0 Å². The second-order valence-electron chi connectivity index (χ2n) is 4.62. The van der Waals surface area contributed by atoms with Gasteiger partial charge in [-0.2, -0.15) is 0 Å². The first-order valence-electron chi connectivity index (χ1n) is 5.71. The molecule has 0 aliphatic carbocycles. The summed E-state index contributed by atoms with van der Waals surface area (Å²) >= 11 is 0. The molecule has 2 aliphatic rings. The Labute approximate surface area is 86.1 Å². The van der Waals surface area contributed by atoms with E-state index in [2.05, 4.69) is 9.80 Å². The third-order valence-electron chi connectivity index (χ3n) is 3.33. The zero-order valence-corrected chi connectivity index (χ0v) is 9.04. The van der Waals surface area contributed by atoms with Gasteiger partial charge in [0, 0.05) is 12.6 Å². The molecule has 0 aromatic heterocycles. The second kappa shape index (κ2) is 4.41. The molecule has 2 fully saturated rings. The molecule has 1 unspecified atom stereocenters. The number of hydrogen-bond donors (Lipinski definition) is 0. The predicted octanol–water partition coefficient (Wildman–Crippen LogP) is 0.746. The lowest BCUT2D eigenvalue weighted by molar-refractivity contribution is -0.118. The highest BCUT2D eigenvalue weighted by atomic mass is 16.1. The molecule has 0 bridgehead atoms. The summed E-state index contributed by atoms with van der Waals surface area (Å²) in [6.07, 6.45) is 3.90. The summed E-state index contributed by atoms with van der Waals surface area (Å²) in [4.78, 5) is 16.0. The lowest BCUT2D eigenvalue weighted by Gasteiger charge is -2.24. The molecule has 0 aromatic carbocycles. The maximum atomic E-state index is 11.1. The highest BCUT2D eigenvalue weighted by molar-refractivity contribution is 5.77. The molecule has 1 atom stereocenters. The Bertz CT molecular complexity index is 217. The first kappa shape index (κ1) is 10.1. The Morgan fingerprint density at radius 1 is 1.29 bits per heavy atom. The quantitative estimate of drug-likeness (QED) is 0.651. The van der Waals surface area contributed by atoms with E-state index in [1.165, 1.54) is 32.4 Å². The van der Waals surface area contributed by atoms with Gasteiger partial charge in [0.15, 0.2) is 0 Å². The molecule has 3 nitrogen and oxygen atoms in total. The normalized spacial score (nSPS) is 29.9. The highest BCUT2D eigenvalue weighted by Gasteiger charge is 2.28. The van der Waals surface area contributed by atoms with Crippen LogP contribution in [-0.4, -0.2) is 54.3 Å². The van der Waals surface area contributed by atoms with Crippen LogP contribution in [0.3, 0.4) is 0 Å². The number of fused-ring (bicyclic) bond motifs is 1. The van der Waals surface area contributed by atoms with Gasteiger partial charge < -0.3 is 0 Å². The van der Waals surface area contributed by atoms with E-state index in [4.69, 9.17) is 0 Å². The van der Waals surface area contributed by atoms with Crippen LogP contribution in [0.25, 0.3) is 0 Å². The van der Waals surface area contributed by atoms with Crippen LogP contribution in [-0.2, 0) is 4.79 Å². The van der Waals surface area contributed by atoms with Crippen LogP contribution < -0.4 is 0 Å². The number of ketones is 1. The van der Waals surface area contributed by atoms with E-state index >= 15 is 0 Å². The van der Waals surface area contributed by atoms with E-state index in [1.807, 2.05) is 0 Å². The number of carbonyl (C=O) groups is 1. The van der Waals surface area contributed by atoms with Gasteiger partial charge in [0.2, 0.25) is 0 Å². The van der Waals surface area contributed by atoms with Crippen LogP contribution in [0.15, 0.2) is 0 Å². The van der Waals surface area contributed by atoms with E-state index in [0.717, 1.165) is 19.1 Å². The minimum absolute atomic E-state index is 0.302. The summed E-state index contributed by atoms with van der Waals surface area (Å²) in [6.45, 7) is 7.07. The van der Waals surface area contributed by atoms with Gasteiger partial charge in [0.1, 0.15) is 5.78 Å². The first-order chi connectivity index (χ1) is 6.75. The van der Waals surface area contributed by atoms with Gasteiger partial charge in [-0.05, 0) is 45.8 Å². The number of hydrogen-bond acceptors (Lipinski definition) is 3. The Hall–Kier alpha value is -0.410. The minimum atomic E-state index is 0.302. The lowest BCUT2D eigenvalue weighted by Crippen LogP contribution is -2.38. The molecule has 0 radical (unpaired) electrons. The maximum absolute atomic E-state index is 11.1. The maximum Gasteiger partial charge on any atom is 0.143 e. The molecule has 2 aliphatic heterocycles. The molecule has 3 heteroatoms. The standard InChI is InChI=1S/C11H20N2O/c1-10(14)8-12-5-3-7-13-6-2-4-11(13)9-12/h11H,2-9H2,1H3. The minimum Gasteiger partial charge on any atom is -0.299 e. The van der Waals surface area contributed by atoms with Crippen LogP contribution in [0.4, 0.5) is 0 Å². The van der Waals surface area contributed by atoms with Gasteiger partial charge in [-0.25, -0.2) is 0 Å². The van der Waals surface area contributed by atoms with E-state index in [-0.39, 0.29) is 0 Å². The van der Waals surface area contributed by atoms with Crippen molar-refractivity contribution < 1.29 is 4.79 Å². The van der Waals surface area contributed by atoms with Crippen LogP contribution in [0.5, 0.6) is 0 Å². The third-order valence-corrected chi connectivity index (χ3v) is 3.33. The zero-order chi connectivity index (χ0) is 9.97. The molecule has 0 amide bonds. The highest BCUT2D eigenvalue weighted by Crippen LogP contribution is 2.20. The van der Waals surface area contributed by atoms with Crippen LogP contribution in [0.2, 0.25) is 0 Å². The number of Topliss-reactive ketones (excluding diaryl/α,β-unsaturated/α-hetero) is 1. The molecule has 0 saturated carbocycles. The van der Waals surface area contributed by atoms with Crippen molar-refractivity contribution in [3.8, 4) is 0 Å². The average Bonchev–Trinajstić information content (AvgIpc) is 2.44. The Kier molecular flexibility index (Phi) is 3.19. The number of carbonyl (C=O) groups excluding carboxylic acids is 1. The molecule has 2 rings (SSSR count). The Balaban J connectivity index is 1.91. The molecule has 80 valence electrons. The first-order valence-corrected chi connectivity index (χ1v) is 5.71. The molecular weight excluding hydrogens is 176 g/mol.